The number of hydrogen-bond donors (Lipinski definition) is 0. The SMILES string of the molecule is O=C1CC2CCC3CC2(O1)C1C=CCN31. The zero-order chi connectivity index (χ0) is 10.0. The van der Waals surface area contributed by atoms with Gasteiger partial charge in [-0.15, -0.1) is 0 Å². The molecule has 0 aromatic heterocycles. The van der Waals surface area contributed by atoms with Gasteiger partial charge in [0, 0.05) is 24.9 Å². The summed E-state index contributed by atoms with van der Waals surface area (Å²) in [5.41, 5.74) is -0.132. The minimum Gasteiger partial charge on any atom is -0.457 e. The number of fused-ring (bicyclic) bond motifs is 3. The van der Waals surface area contributed by atoms with Gasteiger partial charge in [-0.25, -0.2) is 0 Å². The van der Waals surface area contributed by atoms with E-state index in [0.29, 0.717) is 24.4 Å². The summed E-state index contributed by atoms with van der Waals surface area (Å²) in [6, 6.07) is 1.05. The Morgan fingerprint density at radius 2 is 2.40 bits per heavy atom. The lowest BCUT2D eigenvalue weighted by Gasteiger charge is -2.34. The van der Waals surface area contributed by atoms with Crippen LogP contribution in [0.4, 0.5) is 0 Å². The Kier molecular flexibility index (Phi) is 1.37. The van der Waals surface area contributed by atoms with Gasteiger partial charge in [-0.05, 0) is 12.8 Å². The van der Waals surface area contributed by atoms with E-state index in [1.165, 1.54) is 12.8 Å². The lowest BCUT2D eigenvalue weighted by atomic mass is 9.73. The number of nitrogens with zero attached hydrogens (tertiary/aromatic N) is 1. The second-order valence-corrected chi connectivity index (χ2v) is 5.34. The first-order chi connectivity index (χ1) is 7.29. The fraction of sp³-hybridized carbons (Fsp3) is 0.750. The maximum absolute atomic E-state index is 11.5. The van der Waals surface area contributed by atoms with Crippen LogP contribution in [0, 0.1) is 5.92 Å². The molecule has 3 nitrogen and oxygen atoms in total. The van der Waals surface area contributed by atoms with E-state index in [0.717, 1.165) is 13.0 Å². The van der Waals surface area contributed by atoms with E-state index >= 15 is 0 Å². The molecule has 3 fully saturated rings. The number of carbonyl (C=O) groups is 1. The molecule has 0 radical (unpaired) electrons. The van der Waals surface area contributed by atoms with E-state index in [4.69, 9.17) is 4.74 Å². The van der Waals surface area contributed by atoms with Crippen LogP contribution in [0.1, 0.15) is 25.7 Å². The molecular weight excluding hydrogens is 190 g/mol. The van der Waals surface area contributed by atoms with Gasteiger partial charge in [0.15, 0.2) is 0 Å². The van der Waals surface area contributed by atoms with Crippen LogP contribution in [0.25, 0.3) is 0 Å². The smallest absolute Gasteiger partial charge is 0.306 e. The van der Waals surface area contributed by atoms with Crippen molar-refractivity contribution in [2.75, 3.05) is 6.54 Å². The Morgan fingerprint density at radius 3 is 3.33 bits per heavy atom. The summed E-state index contributed by atoms with van der Waals surface area (Å²) in [5.74, 6) is 0.516. The molecule has 1 aliphatic carbocycles. The quantitative estimate of drug-likeness (QED) is 0.438. The normalized spacial score (nSPS) is 51.7. The van der Waals surface area contributed by atoms with E-state index in [1.54, 1.807) is 0 Å². The van der Waals surface area contributed by atoms with E-state index < -0.39 is 0 Å². The predicted octanol–water partition coefficient (Wildman–Crippen LogP) is 1.09. The van der Waals surface area contributed by atoms with Crippen LogP contribution in [0.2, 0.25) is 0 Å². The third kappa shape index (κ3) is 0.842. The van der Waals surface area contributed by atoms with Gasteiger partial charge in [0.05, 0.1) is 12.5 Å². The van der Waals surface area contributed by atoms with Gasteiger partial charge in [0.2, 0.25) is 0 Å². The summed E-state index contributed by atoms with van der Waals surface area (Å²) < 4.78 is 5.73. The first-order valence-electron chi connectivity index (χ1n) is 5.94. The summed E-state index contributed by atoms with van der Waals surface area (Å²) in [7, 11) is 0. The Bertz CT molecular complexity index is 365. The molecule has 1 spiro atoms. The number of esters is 1. The highest BCUT2D eigenvalue weighted by molar-refractivity contribution is 5.73. The van der Waals surface area contributed by atoms with Crippen molar-refractivity contribution in [3.05, 3.63) is 12.2 Å². The van der Waals surface area contributed by atoms with Crippen molar-refractivity contribution in [3.63, 3.8) is 0 Å². The Hall–Kier alpha value is -0.830. The van der Waals surface area contributed by atoms with Gasteiger partial charge in [-0.1, -0.05) is 12.2 Å². The average molecular weight is 205 g/mol. The average Bonchev–Trinajstić information content (AvgIpc) is 2.82. The molecule has 3 heteroatoms. The lowest BCUT2D eigenvalue weighted by Crippen LogP contribution is -2.45. The number of ether oxygens (including phenoxy) is 1. The molecule has 4 unspecified atom stereocenters. The van der Waals surface area contributed by atoms with Crippen LogP contribution in [0.15, 0.2) is 12.2 Å². The number of carbonyl (C=O) groups excluding carboxylic acids is 1. The summed E-state index contributed by atoms with van der Waals surface area (Å²) in [4.78, 5) is 14.0. The van der Waals surface area contributed by atoms with Gasteiger partial charge in [-0.2, -0.15) is 0 Å². The van der Waals surface area contributed by atoms with Crippen LogP contribution in [0.3, 0.4) is 0 Å². The molecule has 0 N–H and O–H groups in total. The monoisotopic (exact) mass is 205 g/mol. The van der Waals surface area contributed by atoms with Crippen LogP contribution in [-0.2, 0) is 9.53 Å². The van der Waals surface area contributed by atoms with E-state index in [2.05, 4.69) is 17.1 Å². The number of rotatable bonds is 0. The maximum Gasteiger partial charge on any atom is 0.306 e. The fourth-order valence-electron chi connectivity index (χ4n) is 4.19. The van der Waals surface area contributed by atoms with Crippen LogP contribution in [0.5, 0.6) is 0 Å². The molecule has 80 valence electrons. The topological polar surface area (TPSA) is 29.5 Å². The first kappa shape index (κ1) is 8.34. The van der Waals surface area contributed by atoms with Crippen molar-refractivity contribution >= 4 is 5.97 Å². The highest BCUT2D eigenvalue weighted by Gasteiger charge is 2.64. The molecule has 4 rings (SSSR count). The van der Waals surface area contributed by atoms with Crippen molar-refractivity contribution in [2.24, 2.45) is 5.92 Å². The van der Waals surface area contributed by atoms with Crippen molar-refractivity contribution in [2.45, 2.75) is 43.4 Å². The zero-order valence-electron chi connectivity index (χ0n) is 8.69. The van der Waals surface area contributed by atoms with E-state index in [9.17, 15) is 4.79 Å². The summed E-state index contributed by atoms with van der Waals surface area (Å²) in [6.07, 6.45) is 8.66. The molecular formula is C12H15NO2. The first-order valence-corrected chi connectivity index (χ1v) is 5.94. The fourth-order valence-corrected chi connectivity index (χ4v) is 4.19. The molecule has 3 aliphatic heterocycles. The molecule has 0 aromatic rings. The third-order valence-corrected chi connectivity index (χ3v) is 4.77. The van der Waals surface area contributed by atoms with Gasteiger partial charge >= 0.3 is 5.97 Å². The van der Waals surface area contributed by atoms with Gasteiger partial charge < -0.3 is 4.74 Å². The molecule has 1 saturated carbocycles. The zero-order valence-corrected chi connectivity index (χ0v) is 8.69. The Morgan fingerprint density at radius 1 is 1.47 bits per heavy atom. The molecule has 4 atom stereocenters. The van der Waals surface area contributed by atoms with Crippen LogP contribution < -0.4 is 0 Å². The summed E-state index contributed by atoms with van der Waals surface area (Å²) in [6.45, 7) is 1.06. The van der Waals surface area contributed by atoms with Crippen molar-refractivity contribution in [1.29, 1.82) is 0 Å². The van der Waals surface area contributed by atoms with Crippen LogP contribution in [-0.4, -0.2) is 35.1 Å². The van der Waals surface area contributed by atoms with Crippen LogP contribution >= 0.6 is 0 Å². The van der Waals surface area contributed by atoms with Gasteiger partial charge in [0.1, 0.15) is 5.60 Å². The summed E-state index contributed by atoms with van der Waals surface area (Å²) in [5, 5.41) is 0. The van der Waals surface area contributed by atoms with Crippen molar-refractivity contribution < 1.29 is 9.53 Å². The van der Waals surface area contributed by atoms with Crippen molar-refractivity contribution in [1.82, 2.24) is 4.90 Å². The second kappa shape index (κ2) is 2.46. The molecule has 4 aliphatic rings. The highest BCUT2D eigenvalue weighted by atomic mass is 16.6. The standard InChI is InChI=1S/C12H15NO2/c14-11-6-8-3-4-9-7-12(8,15-11)10-2-1-5-13(9)10/h1-2,8-10H,3-7H2. The molecule has 15 heavy (non-hydrogen) atoms. The van der Waals surface area contributed by atoms with Gasteiger partial charge in [0.25, 0.3) is 0 Å². The molecule has 0 aromatic carbocycles. The second-order valence-electron chi connectivity index (χ2n) is 5.34. The highest BCUT2D eigenvalue weighted by Crippen LogP contribution is 2.54. The van der Waals surface area contributed by atoms with E-state index in [-0.39, 0.29) is 11.6 Å². The third-order valence-electron chi connectivity index (χ3n) is 4.77. The number of hydrogen-bond acceptors (Lipinski definition) is 3. The predicted molar refractivity (Wildman–Crippen MR) is 54.2 cm³/mol. The van der Waals surface area contributed by atoms with Crippen molar-refractivity contribution in [3.8, 4) is 0 Å². The molecule has 3 heterocycles. The van der Waals surface area contributed by atoms with E-state index in [1.807, 2.05) is 0 Å². The molecule has 2 bridgehead atoms. The molecule has 0 amide bonds. The van der Waals surface area contributed by atoms with Gasteiger partial charge in [-0.3, -0.25) is 9.69 Å². The summed E-state index contributed by atoms with van der Waals surface area (Å²) >= 11 is 0. The largest absolute Gasteiger partial charge is 0.457 e. The maximum atomic E-state index is 11.5. The minimum atomic E-state index is -0.132. The Labute approximate surface area is 89.1 Å². The lowest BCUT2D eigenvalue weighted by molar-refractivity contribution is -0.150. The molecule has 2 saturated heterocycles. The Balaban J connectivity index is 1.82. The minimum absolute atomic E-state index is 0.0304.